The lowest BCUT2D eigenvalue weighted by Gasteiger charge is -2.12. The number of carbonyl (C=O) groups excluding carboxylic acids is 1. The number of amides is 1. The number of carbonyl (C=O) groups is 1. The molecule has 186 valence electrons. The molecule has 13 heteroatoms. The van der Waals surface area contributed by atoms with E-state index in [1.165, 1.54) is 6.92 Å². The Kier molecular flexibility index (Phi) is 8.33. The zero-order valence-electron chi connectivity index (χ0n) is 18.8. The second-order valence-corrected chi connectivity index (χ2v) is 8.30. The molecule has 0 fully saturated rings. The van der Waals surface area contributed by atoms with Crippen LogP contribution in [-0.4, -0.2) is 38.7 Å². The van der Waals surface area contributed by atoms with Crippen molar-refractivity contribution in [1.29, 1.82) is 0 Å². The zero-order chi connectivity index (χ0) is 25.6. The number of hydrogen-bond donors (Lipinski definition) is 1. The summed E-state index contributed by atoms with van der Waals surface area (Å²) in [4.78, 5) is 21.8. The Morgan fingerprint density at radius 2 is 1.91 bits per heavy atom. The van der Waals surface area contributed by atoms with Crippen molar-refractivity contribution in [2.24, 2.45) is 0 Å². The van der Waals surface area contributed by atoms with E-state index in [2.05, 4.69) is 15.5 Å². The number of nitro groups is 1. The molecular formula is C22H22F3N5O4S. The summed E-state index contributed by atoms with van der Waals surface area (Å²) in [6.45, 7) is 4.16. The second kappa shape index (κ2) is 11.2. The van der Waals surface area contributed by atoms with Gasteiger partial charge in [-0.1, -0.05) is 0 Å². The Labute approximate surface area is 202 Å². The van der Waals surface area contributed by atoms with Crippen LogP contribution >= 0.6 is 11.8 Å². The molecule has 0 aliphatic carbocycles. The van der Waals surface area contributed by atoms with Gasteiger partial charge in [-0.15, -0.1) is 10.2 Å². The van der Waals surface area contributed by atoms with Crippen molar-refractivity contribution in [3.63, 3.8) is 0 Å². The minimum atomic E-state index is -4.71. The van der Waals surface area contributed by atoms with Crippen LogP contribution in [0.3, 0.4) is 0 Å². The molecule has 0 radical (unpaired) electrons. The van der Waals surface area contributed by atoms with Crippen LogP contribution in [0.5, 0.6) is 5.75 Å². The first kappa shape index (κ1) is 26.0. The molecule has 0 bridgehead atoms. The number of ether oxygens (including phenoxy) is 1. The van der Waals surface area contributed by atoms with Gasteiger partial charge < -0.3 is 10.1 Å². The van der Waals surface area contributed by atoms with Crippen LogP contribution in [0.1, 0.15) is 31.7 Å². The fraction of sp³-hybridized carbons (Fsp3) is 0.318. The third kappa shape index (κ3) is 6.72. The summed E-state index contributed by atoms with van der Waals surface area (Å²) >= 11 is 0.842. The average molecular weight is 510 g/mol. The molecule has 0 unspecified atom stereocenters. The highest BCUT2D eigenvalue weighted by atomic mass is 32.2. The molecular weight excluding hydrogens is 487 g/mol. The van der Waals surface area contributed by atoms with E-state index in [-0.39, 0.29) is 16.0 Å². The largest absolute Gasteiger partial charge is 0.494 e. The highest BCUT2D eigenvalue weighted by Gasteiger charge is 2.33. The Balaban J connectivity index is 1.98. The van der Waals surface area contributed by atoms with Gasteiger partial charge in [0.25, 0.3) is 5.69 Å². The third-order valence-corrected chi connectivity index (χ3v) is 5.75. The van der Waals surface area contributed by atoms with Gasteiger partial charge in [-0.25, -0.2) is 0 Å². The van der Waals surface area contributed by atoms with Crippen molar-refractivity contribution >= 4 is 23.4 Å². The molecule has 1 heterocycles. The summed E-state index contributed by atoms with van der Waals surface area (Å²) in [6, 6.07) is 9.37. The van der Waals surface area contributed by atoms with Crippen molar-refractivity contribution in [3.05, 3.63) is 64.0 Å². The first-order valence-corrected chi connectivity index (χ1v) is 11.4. The van der Waals surface area contributed by atoms with Gasteiger partial charge >= 0.3 is 6.18 Å². The number of nitro benzene ring substituents is 1. The van der Waals surface area contributed by atoms with Crippen molar-refractivity contribution in [3.8, 4) is 11.4 Å². The van der Waals surface area contributed by atoms with Gasteiger partial charge in [0, 0.05) is 31.6 Å². The van der Waals surface area contributed by atoms with E-state index in [0.717, 1.165) is 23.9 Å². The van der Waals surface area contributed by atoms with Crippen LogP contribution in [0.2, 0.25) is 0 Å². The number of aromatic nitrogens is 3. The van der Waals surface area contributed by atoms with E-state index in [1.54, 1.807) is 28.8 Å². The van der Waals surface area contributed by atoms with Gasteiger partial charge in [0.1, 0.15) is 11.6 Å². The molecule has 0 saturated heterocycles. The number of rotatable bonds is 10. The van der Waals surface area contributed by atoms with Gasteiger partial charge in [-0.3, -0.25) is 19.5 Å². The van der Waals surface area contributed by atoms with Gasteiger partial charge in [0.2, 0.25) is 11.1 Å². The first-order chi connectivity index (χ1) is 16.6. The lowest BCUT2D eigenvalue weighted by Crippen LogP contribution is -2.21. The molecule has 0 spiro atoms. The molecule has 0 aliphatic rings. The Hall–Kier alpha value is -3.61. The molecule has 2 aromatic carbocycles. The topological polar surface area (TPSA) is 112 Å². The SMILES string of the molecule is CCOc1ccc(-n2c(CCCNC(C)=O)nnc2Sc2ccc(C(F)(F)F)cc2[N+](=O)[O-])cc1. The quantitative estimate of drug-likeness (QED) is 0.237. The molecule has 9 nitrogen and oxygen atoms in total. The molecule has 35 heavy (non-hydrogen) atoms. The Morgan fingerprint density at radius 3 is 2.51 bits per heavy atom. The van der Waals surface area contributed by atoms with E-state index in [0.29, 0.717) is 49.3 Å². The molecule has 0 atom stereocenters. The minimum Gasteiger partial charge on any atom is -0.494 e. The van der Waals surface area contributed by atoms with Crippen molar-refractivity contribution in [2.45, 2.75) is 42.9 Å². The molecule has 1 aromatic heterocycles. The van der Waals surface area contributed by atoms with Gasteiger partial charge in [-0.05, 0) is 61.5 Å². The highest BCUT2D eigenvalue weighted by molar-refractivity contribution is 7.99. The summed E-state index contributed by atoms with van der Waals surface area (Å²) in [5, 5.41) is 22.8. The van der Waals surface area contributed by atoms with Crippen LogP contribution in [-0.2, 0) is 17.4 Å². The molecule has 3 rings (SSSR count). The maximum Gasteiger partial charge on any atom is 0.416 e. The van der Waals surface area contributed by atoms with Gasteiger partial charge in [0.05, 0.1) is 22.0 Å². The third-order valence-electron chi connectivity index (χ3n) is 4.74. The maximum atomic E-state index is 13.1. The Bertz CT molecular complexity index is 1200. The minimum absolute atomic E-state index is 0.00705. The number of halogens is 3. The van der Waals surface area contributed by atoms with E-state index in [9.17, 15) is 28.1 Å². The number of nitrogens with one attached hydrogen (secondary N) is 1. The number of aryl methyl sites for hydroxylation is 1. The van der Waals surface area contributed by atoms with E-state index >= 15 is 0 Å². The summed E-state index contributed by atoms with van der Waals surface area (Å²) < 4.78 is 46.4. The molecule has 1 N–H and O–H groups in total. The van der Waals surface area contributed by atoms with Crippen LogP contribution in [0.25, 0.3) is 5.69 Å². The van der Waals surface area contributed by atoms with Gasteiger partial charge in [-0.2, -0.15) is 13.2 Å². The van der Waals surface area contributed by atoms with Crippen LogP contribution < -0.4 is 10.1 Å². The number of hydrogen-bond acceptors (Lipinski definition) is 7. The monoisotopic (exact) mass is 509 g/mol. The van der Waals surface area contributed by atoms with Gasteiger partial charge in [0.15, 0.2) is 0 Å². The lowest BCUT2D eigenvalue weighted by molar-refractivity contribution is -0.388. The molecule has 0 aliphatic heterocycles. The lowest BCUT2D eigenvalue weighted by atomic mass is 10.2. The van der Waals surface area contributed by atoms with Crippen molar-refractivity contribution in [1.82, 2.24) is 20.1 Å². The van der Waals surface area contributed by atoms with E-state index in [1.807, 2.05) is 6.92 Å². The van der Waals surface area contributed by atoms with E-state index in [4.69, 9.17) is 4.74 Å². The summed E-state index contributed by atoms with van der Waals surface area (Å²) in [5.74, 6) is 1.00. The number of alkyl halides is 3. The number of benzene rings is 2. The van der Waals surface area contributed by atoms with Crippen LogP contribution in [0, 0.1) is 10.1 Å². The normalized spacial score (nSPS) is 11.3. The fourth-order valence-electron chi connectivity index (χ4n) is 3.18. The fourth-order valence-corrected chi connectivity index (χ4v) is 4.13. The second-order valence-electron chi connectivity index (χ2n) is 7.29. The molecule has 1 amide bonds. The van der Waals surface area contributed by atoms with E-state index < -0.39 is 22.4 Å². The van der Waals surface area contributed by atoms with Crippen LogP contribution in [0.4, 0.5) is 18.9 Å². The van der Waals surface area contributed by atoms with Crippen molar-refractivity contribution in [2.75, 3.05) is 13.2 Å². The Morgan fingerprint density at radius 1 is 1.20 bits per heavy atom. The highest BCUT2D eigenvalue weighted by Crippen LogP contribution is 2.39. The van der Waals surface area contributed by atoms with Crippen molar-refractivity contribution < 1.29 is 27.6 Å². The summed E-state index contributed by atoms with van der Waals surface area (Å²) in [6.07, 6.45) is -3.73. The predicted molar refractivity (Wildman–Crippen MR) is 122 cm³/mol. The summed E-state index contributed by atoms with van der Waals surface area (Å²) in [7, 11) is 0. The first-order valence-electron chi connectivity index (χ1n) is 10.6. The maximum absolute atomic E-state index is 13.1. The average Bonchev–Trinajstić information content (AvgIpc) is 3.19. The molecule has 3 aromatic rings. The number of nitrogens with zero attached hydrogens (tertiary/aromatic N) is 4. The standard InChI is InChI=1S/C22H22F3N5O4S/c1-3-34-17-9-7-16(8-10-17)29-20(5-4-12-26-14(2)31)27-28-21(29)35-19-11-6-15(22(23,24)25)13-18(19)30(32)33/h6-11,13H,3-5,12H2,1-2H3,(H,26,31). The summed E-state index contributed by atoms with van der Waals surface area (Å²) in [5.41, 5.74) is -1.15. The molecule has 0 saturated carbocycles. The predicted octanol–water partition coefficient (Wildman–Crippen LogP) is 4.81. The zero-order valence-corrected chi connectivity index (χ0v) is 19.7. The van der Waals surface area contributed by atoms with Crippen LogP contribution in [0.15, 0.2) is 52.5 Å². The smallest absolute Gasteiger partial charge is 0.416 e.